The third kappa shape index (κ3) is 4.99. The minimum Gasteiger partial charge on any atom is -0.507 e. The number of pyridine rings is 1. The summed E-state index contributed by atoms with van der Waals surface area (Å²) in [6.07, 6.45) is 3.79. The number of aryl methyl sites for hydroxylation is 1. The van der Waals surface area contributed by atoms with Crippen LogP contribution in [0.5, 0.6) is 5.75 Å². The summed E-state index contributed by atoms with van der Waals surface area (Å²) in [7, 11) is 1.59. The molecule has 7 nitrogen and oxygen atoms in total. The van der Waals surface area contributed by atoms with Gasteiger partial charge in [0.15, 0.2) is 0 Å². The summed E-state index contributed by atoms with van der Waals surface area (Å²) < 4.78 is 10.9. The van der Waals surface area contributed by atoms with E-state index in [-0.39, 0.29) is 11.3 Å². The minimum absolute atomic E-state index is 0.0777. The fourth-order valence-corrected chi connectivity index (χ4v) is 3.75. The number of aromatic nitrogens is 1. The highest BCUT2D eigenvalue weighted by atomic mass is 16.5. The lowest BCUT2D eigenvalue weighted by molar-refractivity contribution is -0.140. The average Bonchev–Trinajstić information content (AvgIpc) is 3.03. The van der Waals surface area contributed by atoms with Crippen molar-refractivity contribution in [3.63, 3.8) is 0 Å². The number of likely N-dealkylation sites (tertiary alicyclic amines) is 1. The number of methoxy groups -OCH3 is 1. The molecule has 1 amide bonds. The number of aliphatic hydroxyl groups excluding tert-OH is 1. The van der Waals surface area contributed by atoms with E-state index in [2.05, 4.69) is 18.8 Å². The molecule has 2 heterocycles. The summed E-state index contributed by atoms with van der Waals surface area (Å²) in [6, 6.07) is 8.07. The van der Waals surface area contributed by atoms with Gasteiger partial charge in [-0.1, -0.05) is 13.8 Å². The Morgan fingerprint density at radius 1 is 1.19 bits per heavy atom. The monoisotopic (exact) mass is 438 g/mol. The maximum absolute atomic E-state index is 13.0. The highest BCUT2D eigenvalue weighted by Crippen LogP contribution is 2.39. The van der Waals surface area contributed by atoms with Crippen LogP contribution in [0.15, 0.2) is 48.3 Å². The fourth-order valence-electron chi connectivity index (χ4n) is 3.75. The quantitative estimate of drug-likeness (QED) is 0.277. The van der Waals surface area contributed by atoms with Crippen LogP contribution in [0.1, 0.15) is 43.0 Å². The summed E-state index contributed by atoms with van der Waals surface area (Å²) in [6.45, 7) is 7.41. The van der Waals surface area contributed by atoms with E-state index in [9.17, 15) is 14.7 Å². The predicted molar refractivity (Wildman–Crippen MR) is 121 cm³/mol. The van der Waals surface area contributed by atoms with Crippen LogP contribution in [0, 0.1) is 12.8 Å². The molecule has 0 bridgehead atoms. The normalized spacial score (nSPS) is 17.9. The predicted octanol–water partition coefficient (Wildman–Crippen LogP) is 3.88. The molecule has 0 spiro atoms. The second-order valence-electron chi connectivity index (χ2n) is 8.30. The lowest BCUT2D eigenvalue weighted by atomic mass is 9.95. The Labute approximate surface area is 188 Å². The van der Waals surface area contributed by atoms with Gasteiger partial charge in [0.25, 0.3) is 11.7 Å². The van der Waals surface area contributed by atoms with Crippen LogP contribution < -0.4 is 4.74 Å². The van der Waals surface area contributed by atoms with E-state index >= 15 is 0 Å². The molecular formula is C25H30N2O5. The van der Waals surface area contributed by atoms with Gasteiger partial charge in [-0.3, -0.25) is 14.6 Å². The van der Waals surface area contributed by atoms with E-state index in [1.54, 1.807) is 49.8 Å². The molecule has 32 heavy (non-hydrogen) atoms. The summed E-state index contributed by atoms with van der Waals surface area (Å²) in [4.78, 5) is 31.4. The molecule has 0 aliphatic carbocycles. The first-order valence-electron chi connectivity index (χ1n) is 10.8. The van der Waals surface area contributed by atoms with Gasteiger partial charge in [-0.05, 0) is 60.7 Å². The Bertz CT molecular complexity index is 1000. The van der Waals surface area contributed by atoms with Gasteiger partial charge in [0.05, 0.1) is 18.2 Å². The molecule has 1 N–H and O–H groups in total. The van der Waals surface area contributed by atoms with Crippen LogP contribution in [-0.2, 0) is 14.3 Å². The summed E-state index contributed by atoms with van der Waals surface area (Å²) in [5.74, 6) is -0.409. The Hall–Kier alpha value is -3.19. The smallest absolute Gasteiger partial charge is 0.295 e. The Balaban J connectivity index is 2.03. The highest BCUT2D eigenvalue weighted by Gasteiger charge is 2.45. The number of hydrogen-bond acceptors (Lipinski definition) is 6. The van der Waals surface area contributed by atoms with Crippen molar-refractivity contribution in [1.82, 2.24) is 9.88 Å². The van der Waals surface area contributed by atoms with Gasteiger partial charge in [0, 0.05) is 38.2 Å². The van der Waals surface area contributed by atoms with E-state index in [4.69, 9.17) is 9.47 Å². The third-order valence-electron chi connectivity index (χ3n) is 5.33. The average molecular weight is 439 g/mol. The molecule has 0 saturated carbocycles. The van der Waals surface area contributed by atoms with Gasteiger partial charge in [0.1, 0.15) is 11.5 Å². The molecule has 1 aliphatic rings. The largest absolute Gasteiger partial charge is 0.507 e. The van der Waals surface area contributed by atoms with Crippen LogP contribution >= 0.6 is 0 Å². The zero-order valence-electron chi connectivity index (χ0n) is 19.0. The van der Waals surface area contributed by atoms with Crippen molar-refractivity contribution < 1.29 is 24.2 Å². The number of carbonyl (C=O) groups excluding carboxylic acids is 2. The number of amides is 1. The van der Waals surface area contributed by atoms with E-state index in [0.29, 0.717) is 43.2 Å². The molecule has 1 aromatic heterocycles. The minimum atomic E-state index is -0.695. The van der Waals surface area contributed by atoms with E-state index < -0.39 is 17.7 Å². The number of hydrogen-bond donors (Lipinski definition) is 1. The molecule has 170 valence electrons. The Morgan fingerprint density at radius 2 is 1.91 bits per heavy atom. The Morgan fingerprint density at radius 3 is 2.53 bits per heavy atom. The molecule has 2 aromatic rings. The third-order valence-corrected chi connectivity index (χ3v) is 5.33. The summed E-state index contributed by atoms with van der Waals surface area (Å²) >= 11 is 0. The zero-order valence-corrected chi connectivity index (χ0v) is 19.0. The topological polar surface area (TPSA) is 89.0 Å². The number of Topliss-reactive ketones (excluding diaryl/α,β-unsaturated/α-hetero) is 1. The first-order chi connectivity index (χ1) is 15.3. The molecule has 0 unspecified atom stereocenters. The van der Waals surface area contributed by atoms with Crippen molar-refractivity contribution in [3.8, 4) is 5.75 Å². The molecule has 1 atom stereocenters. The number of rotatable bonds is 9. The lowest BCUT2D eigenvalue weighted by Gasteiger charge is -2.25. The van der Waals surface area contributed by atoms with E-state index in [0.717, 1.165) is 11.3 Å². The Kier molecular flexibility index (Phi) is 7.64. The van der Waals surface area contributed by atoms with Crippen LogP contribution in [0.3, 0.4) is 0 Å². The van der Waals surface area contributed by atoms with Gasteiger partial charge in [0.2, 0.25) is 0 Å². The fraction of sp³-hybridized carbons (Fsp3) is 0.400. The molecule has 1 aliphatic heterocycles. The number of aliphatic hydroxyl groups is 1. The molecular weight excluding hydrogens is 408 g/mol. The molecule has 1 aromatic carbocycles. The highest BCUT2D eigenvalue weighted by molar-refractivity contribution is 6.46. The van der Waals surface area contributed by atoms with Crippen molar-refractivity contribution in [3.05, 3.63) is 65.0 Å². The molecule has 3 rings (SSSR count). The maximum atomic E-state index is 13.0. The van der Waals surface area contributed by atoms with Crippen molar-refractivity contribution in [1.29, 1.82) is 0 Å². The van der Waals surface area contributed by atoms with Crippen molar-refractivity contribution in [2.75, 3.05) is 26.9 Å². The van der Waals surface area contributed by atoms with Gasteiger partial charge < -0.3 is 19.5 Å². The number of carbonyl (C=O) groups is 2. The van der Waals surface area contributed by atoms with Crippen molar-refractivity contribution in [2.45, 2.75) is 33.2 Å². The molecule has 1 saturated heterocycles. The molecule has 0 radical (unpaired) electrons. The van der Waals surface area contributed by atoms with Gasteiger partial charge in [-0.25, -0.2) is 0 Å². The summed E-state index contributed by atoms with van der Waals surface area (Å²) in [5, 5.41) is 11.2. The standard InChI is InChI=1S/C25H30N2O5/c1-16(2)15-32-20-7-6-19(14-17(20)3)23(28)21-22(18-8-10-26-11-9-18)27(12-5-13-31-4)25(30)24(21)29/h6-11,14,16,22,28H,5,12-13,15H2,1-4H3/b23-21+/t22-/m1/s1. The van der Waals surface area contributed by atoms with Crippen LogP contribution in [-0.4, -0.2) is 53.5 Å². The molecule has 1 fully saturated rings. The second kappa shape index (κ2) is 10.4. The number of benzene rings is 1. The van der Waals surface area contributed by atoms with Crippen LogP contribution in [0.2, 0.25) is 0 Å². The van der Waals surface area contributed by atoms with Crippen molar-refractivity contribution >= 4 is 17.4 Å². The second-order valence-corrected chi connectivity index (χ2v) is 8.30. The number of nitrogens with zero attached hydrogens (tertiary/aromatic N) is 2. The van der Waals surface area contributed by atoms with Gasteiger partial charge >= 0.3 is 0 Å². The zero-order chi connectivity index (χ0) is 23.3. The van der Waals surface area contributed by atoms with Crippen molar-refractivity contribution in [2.24, 2.45) is 5.92 Å². The van der Waals surface area contributed by atoms with Gasteiger partial charge in [-0.2, -0.15) is 0 Å². The van der Waals surface area contributed by atoms with Gasteiger partial charge in [-0.15, -0.1) is 0 Å². The van der Waals surface area contributed by atoms with E-state index in [1.807, 2.05) is 6.92 Å². The van der Waals surface area contributed by atoms with E-state index in [1.165, 1.54) is 4.90 Å². The summed E-state index contributed by atoms with van der Waals surface area (Å²) in [5.41, 5.74) is 2.10. The first kappa shape index (κ1) is 23.5. The van der Waals surface area contributed by atoms with Crippen LogP contribution in [0.25, 0.3) is 5.76 Å². The molecule has 7 heteroatoms. The maximum Gasteiger partial charge on any atom is 0.295 e. The first-order valence-corrected chi connectivity index (χ1v) is 10.8. The SMILES string of the molecule is COCCCN1C(=O)C(=O)/C(=C(/O)c2ccc(OCC(C)C)c(C)c2)[C@H]1c1ccncc1. The van der Waals surface area contributed by atoms with Crippen LogP contribution in [0.4, 0.5) is 0 Å². The number of ketones is 1. The lowest BCUT2D eigenvalue weighted by Crippen LogP contribution is -2.31. The number of ether oxygens (including phenoxy) is 2.